The third-order valence-electron chi connectivity index (χ3n) is 7.00. The predicted molar refractivity (Wildman–Crippen MR) is 109 cm³/mol. The highest BCUT2D eigenvalue weighted by Crippen LogP contribution is 2.60. The maximum Gasteiger partial charge on any atom is 0.200 e. The first-order chi connectivity index (χ1) is 13.4. The molecule has 1 aromatic rings. The highest BCUT2D eigenvalue weighted by Gasteiger charge is 2.67. The summed E-state index contributed by atoms with van der Waals surface area (Å²) in [6, 6.07) is 8.60. The summed E-state index contributed by atoms with van der Waals surface area (Å²) in [5.41, 5.74) is -3.25. The Balaban J connectivity index is 2.31. The van der Waals surface area contributed by atoms with Gasteiger partial charge in [0.15, 0.2) is 17.3 Å². The van der Waals surface area contributed by atoms with E-state index >= 15 is 0 Å². The standard InChI is InChI=1S/C24H30O5/c1-7-29-20-17(18(25)15-11-9-8-10-12-15)19(26)23(5)13-16(22(3,4)28)14(2)24(20,6)21(23)27/h8-12,14,16,28H,7,13H2,1-6H3/t14-,16+,23+,24-/m1/s1. The molecule has 0 heterocycles. The number of fused-ring (bicyclic) bond motifs is 2. The van der Waals surface area contributed by atoms with Crippen molar-refractivity contribution in [3.8, 4) is 0 Å². The normalized spacial score (nSPS) is 32.4. The first-order valence-electron chi connectivity index (χ1n) is 10.2. The van der Waals surface area contributed by atoms with E-state index in [4.69, 9.17) is 4.74 Å². The van der Waals surface area contributed by atoms with E-state index in [9.17, 15) is 19.5 Å². The van der Waals surface area contributed by atoms with Crippen LogP contribution < -0.4 is 0 Å². The molecule has 0 unspecified atom stereocenters. The number of carbonyl (C=O) groups excluding carboxylic acids is 3. The van der Waals surface area contributed by atoms with Crippen LogP contribution in [0.3, 0.4) is 0 Å². The van der Waals surface area contributed by atoms with E-state index in [-0.39, 0.29) is 42.0 Å². The Kier molecular flexibility index (Phi) is 5.11. The van der Waals surface area contributed by atoms with Gasteiger partial charge in [0.1, 0.15) is 11.3 Å². The fourth-order valence-electron chi connectivity index (χ4n) is 5.20. The van der Waals surface area contributed by atoms with Gasteiger partial charge in [-0.1, -0.05) is 37.3 Å². The van der Waals surface area contributed by atoms with E-state index in [0.717, 1.165) is 0 Å². The molecule has 0 radical (unpaired) electrons. The van der Waals surface area contributed by atoms with Crippen molar-refractivity contribution < 1.29 is 24.2 Å². The van der Waals surface area contributed by atoms with Gasteiger partial charge in [-0.15, -0.1) is 0 Å². The van der Waals surface area contributed by atoms with Crippen LogP contribution in [0, 0.1) is 22.7 Å². The second-order valence-electron chi connectivity index (χ2n) is 9.28. The van der Waals surface area contributed by atoms with Crippen LogP contribution in [0.5, 0.6) is 0 Å². The molecule has 0 saturated heterocycles. The fraction of sp³-hybridized carbons (Fsp3) is 0.542. The predicted octanol–water partition coefficient (Wildman–Crippen LogP) is 3.75. The van der Waals surface area contributed by atoms with Crippen LogP contribution in [0.25, 0.3) is 0 Å². The largest absolute Gasteiger partial charge is 0.496 e. The lowest BCUT2D eigenvalue weighted by molar-refractivity contribution is -0.166. The Morgan fingerprint density at radius 3 is 2.31 bits per heavy atom. The minimum Gasteiger partial charge on any atom is -0.496 e. The third kappa shape index (κ3) is 2.98. The van der Waals surface area contributed by atoms with Crippen LogP contribution in [-0.4, -0.2) is 34.7 Å². The van der Waals surface area contributed by atoms with E-state index in [2.05, 4.69) is 0 Å². The van der Waals surface area contributed by atoms with E-state index in [1.54, 1.807) is 65.0 Å². The molecule has 0 aliphatic heterocycles. The zero-order valence-corrected chi connectivity index (χ0v) is 18.0. The van der Waals surface area contributed by atoms with Gasteiger partial charge in [0.25, 0.3) is 0 Å². The quantitative estimate of drug-likeness (QED) is 0.464. The SMILES string of the molecule is CCOC1=C(C(=O)c2ccccc2)C(=O)[C@]2(C)C[C@H](C(C)(C)O)[C@@H](C)[C@@]1(C)C2=O. The van der Waals surface area contributed by atoms with Crippen molar-refractivity contribution in [3.63, 3.8) is 0 Å². The molecule has 4 atom stereocenters. The van der Waals surface area contributed by atoms with Crippen LogP contribution in [0.4, 0.5) is 0 Å². The maximum atomic E-state index is 13.6. The number of carbonyl (C=O) groups is 3. The summed E-state index contributed by atoms with van der Waals surface area (Å²) in [4.78, 5) is 40.6. The summed E-state index contributed by atoms with van der Waals surface area (Å²) in [6.07, 6.45) is 0.204. The molecule has 2 aliphatic rings. The number of benzene rings is 1. The van der Waals surface area contributed by atoms with Crippen LogP contribution >= 0.6 is 0 Å². The Hall–Kier alpha value is -2.27. The highest BCUT2D eigenvalue weighted by atomic mass is 16.5. The molecule has 2 aliphatic carbocycles. The minimum absolute atomic E-state index is 0.0244. The number of ether oxygens (including phenoxy) is 1. The number of rotatable bonds is 5. The maximum absolute atomic E-state index is 13.6. The van der Waals surface area contributed by atoms with E-state index < -0.39 is 28.0 Å². The zero-order valence-electron chi connectivity index (χ0n) is 18.0. The van der Waals surface area contributed by atoms with Crippen LogP contribution in [-0.2, 0) is 14.3 Å². The smallest absolute Gasteiger partial charge is 0.200 e. The van der Waals surface area contributed by atoms with Gasteiger partial charge in [-0.2, -0.15) is 0 Å². The van der Waals surface area contributed by atoms with E-state index in [1.807, 2.05) is 6.92 Å². The van der Waals surface area contributed by atoms with Gasteiger partial charge in [0, 0.05) is 5.56 Å². The molecular weight excluding hydrogens is 368 g/mol. The van der Waals surface area contributed by atoms with Crippen molar-refractivity contribution in [1.82, 2.24) is 0 Å². The monoisotopic (exact) mass is 398 g/mol. The summed E-state index contributed by atoms with van der Waals surface area (Å²) in [7, 11) is 0. The highest BCUT2D eigenvalue weighted by molar-refractivity contribution is 6.34. The number of Topliss-reactive ketones (excluding diaryl/α,β-unsaturated/α-hetero) is 3. The van der Waals surface area contributed by atoms with Crippen LogP contribution in [0.15, 0.2) is 41.7 Å². The van der Waals surface area contributed by atoms with Crippen molar-refractivity contribution in [2.24, 2.45) is 22.7 Å². The summed E-state index contributed by atoms with van der Waals surface area (Å²) < 4.78 is 5.88. The van der Waals surface area contributed by atoms with Gasteiger partial charge in [-0.3, -0.25) is 14.4 Å². The molecule has 0 spiro atoms. The van der Waals surface area contributed by atoms with Crippen molar-refractivity contribution >= 4 is 17.3 Å². The Labute approximate surface area is 172 Å². The molecule has 5 nitrogen and oxygen atoms in total. The molecule has 1 aromatic carbocycles. The Morgan fingerprint density at radius 1 is 1.21 bits per heavy atom. The molecule has 5 heteroatoms. The molecule has 1 fully saturated rings. The average Bonchev–Trinajstić information content (AvgIpc) is 2.67. The Bertz CT molecular complexity index is 892. The fourth-order valence-corrected chi connectivity index (χ4v) is 5.20. The molecule has 0 amide bonds. The molecule has 29 heavy (non-hydrogen) atoms. The second-order valence-corrected chi connectivity index (χ2v) is 9.28. The van der Waals surface area contributed by atoms with Crippen molar-refractivity contribution in [1.29, 1.82) is 0 Å². The second kappa shape index (κ2) is 6.91. The molecule has 156 valence electrons. The van der Waals surface area contributed by atoms with Gasteiger partial charge in [0.2, 0.25) is 0 Å². The summed E-state index contributed by atoms with van der Waals surface area (Å²) >= 11 is 0. The van der Waals surface area contributed by atoms with Crippen molar-refractivity contribution in [3.05, 3.63) is 47.2 Å². The molecule has 1 saturated carbocycles. The van der Waals surface area contributed by atoms with Crippen LogP contribution in [0.2, 0.25) is 0 Å². The summed E-state index contributed by atoms with van der Waals surface area (Å²) in [6.45, 7) is 10.7. The molecule has 0 aromatic heterocycles. The lowest BCUT2D eigenvalue weighted by Crippen LogP contribution is -2.63. The summed E-state index contributed by atoms with van der Waals surface area (Å²) in [5.74, 6) is -1.60. The number of ketones is 3. The first-order valence-corrected chi connectivity index (χ1v) is 10.2. The molecular formula is C24H30O5. The van der Waals surface area contributed by atoms with E-state index in [1.165, 1.54) is 0 Å². The topological polar surface area (TPSA) is 80.7 Å². The lowest BCUT2D eigenvalue weighted by Gasteiger charge is -2.56. The molecule has 1 N–H and O–H groups in total. The van der Waals surface area contributed by atoms with Gasteiger partial charge in [0.05, 0.1) is 23.0 Å². The molecule has 2 bridgehead atoms. The van der Waals surface area contributed by atoms with Gasteiger partial charge in [-0.05, 0) is 52.9 Å². The van der Waals surface area contributed by atoms with Crippen molar-refractivity contribution in [2.45, 2.75) is 53.6 Å². The summed E-state index contributed by atoms with van der Waals surface area (Å²) in [5, 5.41) is 10.8. The third-order valence-corrected chi connectivity index (χ3v) is 7.00. The Morgan fingerprint density at radius 2 is 1.79 bits per heavy atom. The molecule has 3 rings (SSSR count). The first kappa shape index (κ1) is 21.4. The van der Waals surface area contributed by atoms with E-state index in [0.29, 0.717) is 5.56 Å². The minimum atomic E-state index is -1.37. The zero-order chi connectivity index (χ0) is 21.8. The number of hydrogen-bond donors (Lipinski definition) is 1. The average molecular weight is 398 g/mol. The number of hydrogen-bond acceptors (Lipinski definition) is 5. The number of aliphatic hydroxyl groups is 1. The number of allylic oxidation sites excluding steroid dienone is 2. The lowest BCUT2D eigenvalue weighted by atomic mass is 9.46. The van der Waals surface area contributed by atoms with Gasteiger partial charge < -0.3 is 9.84 Å². The van der Waals surface area contributed by atoms with Gasteiger partial charge in [-0.25, -0.2) is 0 Å². The van der Waals surface area contributed by atoms with Gasteiger partial charge >= 0.3 is 0 Å². The van der Waals surface area contributed by atoms with Crippen LogP contribution in [0.1, 0.15) is 58.3 Å². The van der Waals surface area contributed by atoms with Crippen molar-refractivity contribution in [2.75, 3.05) is 6.61 Å².